The third-order valence-electron chi connectivity index (χ3n) is 7.22. The van der Waals surface area contributed by atoms with Crippen LogP contribution in [0, 0.1) is 13.8 Å². The third-order valence-corrected chi connectivity index (χ3v) is 9.38. The maximum absolute atomic E-state index is 14.5. The van der Waals surface area contributed by atoms with Crippen molar-refractivity contribution in [2.24, 2.45) is 0 Å². The number of sulfonamides is 1. The predicted molar refractivity (Wildman–Crippen MR) is 176 cm³/mol. The molecule has 0 bridgehead atoms. The van der Waals surface area contributed by atoms with E-state index in [0.717, 1.165) is 27.4 Å². The van der Waals surface area contributed by atoms with Gasteiger partial charge >= 0.3 is 0 Å². The molecule has 1 unspecified atom stereocenters. The Labute approximate surface area is 265 Å². The highest BCUT2D eigenvalue weighted by Crippen LogP contribution is 2.27. The fourth-order valence-electron chi connectivity index (χ4n) is 5.07. The SMILES string of the molecule is CCCNC(=O)C(Cc1ccccc1)N(Cc1ccccc1Cl)C(=O)CN(c1cc(C)cc(C)c1)S(=O)(=O)c1ccccc1. The van der Waals surface area contributed by atoms with Crippen molar-refractivity contribution >= 4 is 39.1 Å². The second-order valence-electron chi connectivity index (χ2n) is 10.8. The maximum Gasteiger partial charge on any atom is 0.264 e. The zero-order valence-corrected chi connectivity index (χ0v) is 26.8. The van der Waals surface area contributed by atoms with Gasteiger partial charge < -0.3 is 10.2 Å². The van der Waals surface area contributed by atoms with Crippen molar-refractivity contribution in [3.05, 3.63) is 130 Å². The van der Waals surface area contributed by atoms with Crippen LogP contribution < -0.4 is 9.62 Å². The Morgan fingerprint density at radius 1 is 0.841 bits per heavy atom. The topological polar surface area (TPSA) is 86.8 Å². The number of nitrogens with zero attached hydrogens (tertiary/aromatic N) is 2. The number of anilines is 1. The van der Waals surface area contributed by atoms with E-state index in [2.05, 4.69) is 5.32 Å². The summed E-state index contributed by atoms with van der Waals surface area (Å²) in [6.07, 6.45) is 0.958. The molecule has 0 aliphatic heterocycles. The Kier molecular flexibility index (Phi) is 11.2. The van der Waals surface area contributed by atoms with Crippen LogP contribution in [0.15, 0.2) is 108 Å². The highest BCUT2D eigenvalue weighted by atomic mass is 35.5. The lowest BCUT2D eigenvalue weighted by Crippen LogP contribution is -2.53. The molecule has 44 heavy (non-hydrogen) atoms. The number of hydrogen-bond donors (Lipinski definition) is 1. The highest BCUT2D eigenvalue weighted by Gasteiger charge is 2.35. The van der Waals surface area contributed by atoms with Crippen LogP contribution in [-0.4, -0.2) is 44.3 Å². The summed E-state index contributed by atoms with van der Waals surface area (Å²) < 4.78 is 29.4. The van der Waals surface area contributed by atoms with Gasteiger partial charge in [-0.25, -0.2) is 8.42 Å². The second kappa shape index (κ2) is 15.0. The van der Waals surface area contributed by atoms with Gasteiger partial charge in [0.2, 0.25) is 11.8 Å². The Morgan fingerprint density at radius 2 is 1.43 bits per heavy atom. The zero-order valence-electron chi connectivity index (χ0n) is 25.2. The summed E-state index contributed by atoms with van der Waals surface area (Å²) in [6, 6.07) is 29.1. The smallest absolute Gasteiger partial charge is 0.264 e. The summed E-state index contributed by atoms with van der Waals surface area (Å²) in [4.78, 5) is 29.7. The average Bonchev–Trinajstić information content (AvgIpc) is 3.01. The molecular weight excluding hydrogens is 594 g/mol. The van der Waals surface area contributed by atoms with Crippen molar-refractivity contribution in [2.75, 3.05) is 17.4 Å². The minimum atomic E-state index is -4.16. The summed E-state index contributed by atoms with van der Waals surface area (Å²) in [5.41, 5.74) is 3.59. The average molecular weight is 632 g/mol. The Balaban J connectivity index is 1.82. The fraction of sp³-hybridized carbons (Fsp3) is 0.257. The van der Waals surface area contributed by atoms with Gasteiger partial charge in [-0.2, -0.15) is 0 Å². The van der Waals surface area contributed by atoms with E-state index in [-0.39, 0.29) is 23.8 Å². The van der Waals surface area contributed by atoms with Gasteiger partial charge in [0.05, 0.1) is 10.6 Å². The molecule has 0 radical (unpaired) electrons. The Morgan fingerprint density at radius 3 is 2.05 bits per heavy atom. The summed E-state index contributed by atoms with van der Waals surface area (Å²) in [5, 5.41) is 3.39. The van der Waals surface area contributed by atoms with Gasteiger partial charge in [-0.15, -0.1) is 0 Å². The number of amides is 2. The molecule has 0 saturated carbocycles. The van der Waals surface area contributed by atoms with Crippen molar-refractivity contribution in [1.82, 2.24) is 10.2 Å². The van der Waals surface area contributed by atoms with Crippen LogP contribution in [0.3, 0.4) is 0 Å². The molecule has 0 aromatic heterocycles. The molecule has 0 spiro atoms. The van der Waals surface area contributed by atoms with Crippen LogP contribution in [0.1, 0.15) is 35.6 Å². The maximum atomic E-state index is 14.5. The molecule has 0 saturated heterocycles. The summed E-state index contributed by atoms with van der Waals surface area (Å²) in [5.74, 6) is -0.851. The number of halogens is 1. The number of aryl methyl sites for hydroxylation is 2. The first-order chi connectivity index (χ1) is 21.1. The largest absolute Gasteiger partial charge is 0.354 e. The van der Waals surface area contributed by atoms with Gasteiger partial charge in [-0.3, -0.25) is 13.9 Å². The second-order valence-corrected chi connectivity index (χ2v) is 13.0. The molecule has 4 aromatic carbocycles. The fourth-order valence-corrected chi connectivity index (χ4v) is 6.69. The van der Waals surface area contributed by atoms with E-state index >= 15 is 0 Å². The first kappa shape index (κ1) is 32.8. The van der Waals surface area contributed by atoms with Crippen molar-refractivity contribution in [1.29, 1.82) is 0 Å². The van der Waals surface area contributed by atoms with Crippen LogP contribution >= 0.6 is 11.6 Å². The first-order valence-corrected chi connectivity index (χ1v) is 16.4. The number of carbonyl (C=O) groups excluding carboxylic acids is 2. The lowest BCUT2D eigenvalue weighted by molar-refractivity contribution is -0.140. The van der Waals surface area contributed by atoms with Crippen molar-refractivity contribution in [3.8, 4) is 0 Å². The van der Waals surface area contributed by atoms with Gasteiger partial charge in [0.25, 0.3) is 10.0 Å². The van der Waals surface area contributed by atoms with E-state index in [1.165, 1.54) is 17.0 Å². The van der Waals surface area contributed by atoms with E-state index < -0.39 is 28.5 Å². The van der Waals surface area contributed by atoms with Crippen molar-refractivity contribution in [2.45, 2.75) is 51.1 Å². The molecule has 2 amide bonds. The molecule has 0 aliphatic carbocycles. The van der Waals surface area contributed by atoms with E-state index in [4.69, 9.17) is 11.6 Å². The normalized spacial score (nSPS) is 11.9. The minimum Gasteiger partial charge on any atom is -0.354 e. The number of nitrogens with one attached hydrogen (secondary N) is 1. The molecule has 1 N–H and O–H groups in total. The van der Waals surface area contributed by atoms with Crippen LogP contribution in [0.25, 0.3) is 0 Å². The lowest BCUT2D eigenvalue weighted by Gasteiger charge is -2.34. The van der Waals surface area contributed by atoms with E-state index in [1.807, 2.05) is 63.2 Å². The lowest BCUT2D eigenvalue weighted by atomic mass is 10.0. The molecule has 230 valence electrons. The molecule has 9 heteroatoms. The Hall–Kier alpha value is -4.14. The number of hydrogen-bond acceptors (Lipinski definition) is 4. The quantitative estimate of drug-likeness (QED) is 0.187. The molecule has 0 heterocycles. The van der Waals surface area contributed by atoms with Crippen molar-refractivity contribution in [3.63, 3.8) is 0 Å². The zero-order chi connectivity index (χ0) is 31.7. The van der Waals surface area contributed by atoms with Crippen LogP contribution in [0.4, 0.5) is 5.69 Å². The molecule has 0 aliphatic rings. The van der Waals surface area contributed by atoms with Crippen molar-refractivity contribution < 1.29 is 18.0 Å². The summed E-state index contributed by atoms with van der Waals surface area (Å²) in [7, 11) is -4.16. The Bertz CT molecular complexity index is 1660. The van der Waals surface area contributed by atoms with E-state index in [1.54, 1.807) is 48.5 Å². The molecule has 4 rings (SSSR count). The minimum absolute atomic E-state index is 0.0155. The van der Waals surface area contributed by atoms with Crippen LogP contribution in [-0.2, 0) is 32.6 Å². The van der Waals surface area contributed by atoms with Gasteiger partial charge in [0.15, 0.2) is 0 Å². The van der Waals surface area contributed by atoms with Crippen LogP contribution in [0.2, 0.25) is 5.02 Å². The van der Waals surface area contributed by atoms with Gasteiger partial charge in [-0.05, 0) is 72.9 Å². The molecule has 1 atom stereocenters. The van der Waals surface area contributed by atoms with Crippen LogP contribution in [0.5, 0.6) is 0 Å². The number of benzene rings is 4. The molecule has 7 nitrogen and oxygen atoms in total. The summed E-state index contributed by atoms with van der Waals surface area (Å²) in [6.45, 7) is 5.65. The predicted octanol–water partition coefficient (Wildman–Crippen LogP) is 6.32. The molecule has 0 fully saturated rings. The van der Waals surface area contributed by atoms with E-state index in [9.17, 15) is 18.0 Å². The molecular formula is C35H38ClN3O4S. The first-order valence-electron chi connectivity index (χ1n) is 14.6. The number of rotatable bonds is 13. The molecule has 4 aromatic rings. The highest BCUT2D eigenvalue weighted by molar-refractivity contribution is 7.92. The monoisotopic (exact) mass is 631 g/mol. The van der Waals surface area contributed by atoms with E-state index in [0.29, 0.717) is 22.8 Å². The standard InChI is InChI=1S/C35H38ClN3O4S/c1-4-19-37-35(41)33(23-28-13-7-5-8-14-28)38(24-29-15-11-12-18-32(29)36)34(40)25-39(30-21-26(2)20-27(3)22-30)44(42,43)31-16-9-6-10-17-31/h5-18,20-22,33H,4,19,23-25H2,1-3H3,(H,37,41). The summed E-state index contributed by atoms with van der Waals surface area (Å²) >= 11 is 6.55. The van der Waals surface area contributed by atoms with Gasteiger partial charge in [0, 0.05) is 24.5 Å². The van der Waals surface area contributed by atoms with Gasteiger partial charge in [-0.1, -0.05) is 91.3 Å². The number of carbonyl (C=O) groups is 2. The van der Waals surface area contributed by atoms with Gasteiger partial charge in [0.1, 0.15) is 12.6 Å². The third kappa shape index (κ3) is 8.27.